The van der Waals surface area contributed by atoms with Crippen LogP contribution < -0.4 is 15.3 Å². The monoisotopic (exact) mass is 354 g/mol. The molecule has 0 aromatic heterocycles. The molecule has 0 bridgehead atoms. The molecule has 0 spiro atoms. The molecule has 0 aromatic rings. The van der Waals surface area contributed by atoms with Gasteiger partial charge in [-0.3, -0.25) is 0 Å². The molecule has 22 heavy (non-hydrogen) atoms. The van der Waals surface area contributed by atoms with E-state index in [9.17, 15) is 29.7 Å². The Labute approximate surface area is 145 Å². The van der Waals surface area contributed by atoms with Gasteiger partial charge in [-0.05, 0) is 38.5 Å². The fourth-order valence-electron chi connectivity index (χ4n) is 0.963. The van der Waals surface area contributed by atoms with E-state index in [1.54, 1.807) is 0 Å². The molecule has 0 heterocycles. The van der Waals surface area contributed by atoms with Crippen LogP contribution in [0.15, 0.2) is 0 Å². The Morgan fingerprint density at radius 1 is 0.591 bits per heavy atom. The van der Waals surface area contributed by atoms with Gasteiger partial charge >= 0.3 is 18.6 Å². The zero-order valence-corrected chi connectivity index (χ0v) is 15.2. The van der Waals surface area contributed by atoms with Crippen molar-refractivity contribution in [3.8, 4) is 0 Å². The maximum atomic E-state index is 9.65. The Balaban J connectivity index is -0.000000108. The molecule has 128 valence electrons. The number of hydrogen-bond acceptors (Lipinski definition) is 6. The first kappa shape index (κ1) is 29.1. The quantitative estimate of drug-likeness (QED) is 0.564. The van der Waals surface area contributed by atoms with Gasteiger partial charge in [-0.15, -0.1) is 0 Å². The zero-order chi connectivity index (χ0) is 17.1. The van der Waals surface area contributed by atoms with Crippen molar-refractivity contribution in [1.29, 1.82) is 0 Å². The van der Waals surface area contributed by atoms with Crippen LogP contribution >= 0.6 is 0 Å². The summed E-state index contributed by atoms with van der Waals surface area (Å²) in [6.45, 7) is 5.84. The smallest absolute Gasteiger partial charge is 0.550 e. The molecule has 0 N–H and O–H groups in total. The summed E-state index contributed by atoms with van der Waals surface area (Å²) in [4.78, 5) is 28.9. The van der Waals surface area contributed by atoms with Gasteiger partial charge in [0.25, 0.3) is 0 Å². The Morgan fingerprint density at radius 3 is 0.818 bits per heavy atom. The van der Waals surface area contributed by atoms with Crippen LogP contribution in [0.4, 0.5) is 0 Å². The van der Waals surface area contributed by atoms with Gasteiger partial charge in [-0.25, -0.2) is 0 Å². The molecule has 7 heteroatoms. The van der Waals surface area contributed by atoms with E-state index in [0.717, 1.165) is 38.5 Å². The van der Waals surface area contributed by atoms with Crippen molar-refractivity contribution in [1.82, 2.24) is 0 Å². The predicted molar refractivity (Wildman–Crippen MR) is 73.6 cm³/mol. The van der Waals surface area contributed by atoms with Crippen LogP contribution in [0.25, 0.3) is 0 Å². The summed E-state index contributed by atoms with van der Waals surface area (Å²) in [5, 5.41) is 28.9. The number of hydrogen-bond donors (Lipinski definition) is 0. The van der Waals surface area contributed by atoms with E-state index < -0.39 is 17.9 Å². The van der Waals surface area contributed by atoms with Crippen molar-refractivity contribution < 1.29 is 48.3 Å². The molecule has 0 aliphatic carbocycles. The molecule has 0 saturated heterocycles. The first-order valence-electron chi connectivity index (χ1n) is 7.41. The van der Waals surface area contributed by atoms with Crippen LogP contribution in [0, 0.1) is 0 Å². The van der Waals surface area contributed by atoms with Crippen LogP contribution in [0.1, 0.15) is 78.6 Å². The molecule has 0 aliphatic rings. The number of rotatable bonds is 9. The fraction of sp³-hybridized carbons (Fsp3) is 0.800. The van der Waals surface area contributed by atoms with E-state index >= 15 is 0 Å². The van der Waals surface area contributed by atoms with Gasteiger partial charge in [0, 0.05) is 17.9 Å². The topological polar surface area (TPSA) is 120 Å². The standard InChI is InChI=1S/3C5H10O2.V/c3*1-2-3-4-5(6)7;/h3*2-4H2,1H3,(H,6,7);/q;;;+3/p-3. The third kappa shape index (κ3) is 50.9. The molecule has 0 amide bonds. The van der Waals surface area contributed by atoms with E-state index in [-0.39, 0.29) is 37.8 Å². The van der Waals surface area contributed by atoms with E-state index in [2.05, 4.69) is 0 Å². The first-order valence-corrected chi connectivity index (χ1v) is 7.41. The number of carbonyl (C=O) groups is 3. The minimum absolute atomic E-state index is 0. The van der Waals surface area contributed by atoms with Crippen molar-refractivity contribution in [2.24, 2.45) is 0 Å². The minimum Gasteiger partial charge on any atom is -0.550 e. The van der Waals surface area contributed by atoms with E-state index in [0.29, 0.717) is 0 Å². The zero-order valence-electron chi connectivity index (χ0n) is 13.8. The molecular weight excluding hydrogens is 327 g/mol. The average Bonchev–Trinajstić information content (AvgIpc) is 2.41. The number of carboxylic acids is 3. The minimum atomic E-state index is -0.943. The van der Waals surface area contributed by atoms with Crippen molar-refractivity contribution >= 4 is 17.9 Å². The van der Waals surface area contributed by atoms with Gasteiger partial charge in [0.15, 0.2) is 0 Å². The molecule has 0 unspecified atom stereocenters. The molecule has 0 rings (SSSR count). The largest absolute Gasteiger partial charge is 3.00 e. The van der Waals surface area contributed by atoms with Gasteiger partial charge in [0.2, 0.25) is 0 Å². The summed E-state index contributed by atoms with van der Waals surface area (Å²) in [5.74, 6) is -2.83. The van der Waals surface area contributed by atoms with Crippen LogP contribution in [0.2, 0.25) is 0 Å². The maximum Gasteiger partial charge on any atom is 3.00 e. The van der Waals surface area contributed by atoms with Gasteiger partial charge < -0.3 is 29.7 Å². The first-order chi connectivity index (χ1) is 9.81. The number of carbonyl (C=O) groups excluding carboxylic acids is 3. The average molecular weight is 354 g/mol. The van der Waals surface area contributed by atoms with E-state index in [1.165, 1.54) is 0 Å². The Bertz CT molecular complexity index is 226. The SMILES string of the molecule is CCCCC(=O)[O-].CCCCC(=O)[O-].CCCCC(=O)[O-].[V+3]. The van der Waals surface area contributed by atoms with E-state index in [1.807, 2.05) is 20.8 Å². The third-order valence-corrected chi connectivity index (χ3v) is 2.20. The third-order valence-electron chi connectivity index (χ3n) is 2.20. The van der Waals surface area contributed by atoms with Crippen LogP contribution in [-0.4, -0.2) is 17.9 Å². The molecular formula is C15H27O6V. The molecule has 0 radical (unpaired) electrons. The second kappa shape index (κ2) is 25.0. The van der Waals surface area contributed by atoms with Gasteiger partial charge in [-0.1, -0.05) is 40.0 Å². The molecule has 0 atom stereocenters. The van der Waals surface area contributed by atoms with Crippen molar-refractivity contribution in [3.63, 3.8) is 0 Å². The number of unbranched alkanes of at least 4 members (excludes halogenated alkanes) is 3. The van der Waals surface area contributed by atoms with Crippen LogP contribution in [0.3, 0.4) is 0 Å². The van der Waals surface area contributed by atoms with Crippen molar-refractivity contribution in [2.45, 2.75) is 78.6 Å². The fourth-order valence-corrected chi connectivity index (χ4v) is 0.963. The number of carboxylic acid groups (broad SMARTS) is 3. The summed E-state index contributed by atoms with van der Waals surface area (Å²) in [5.41, 5.74) is 0. The number of aliphatic carboxylic acids is 3. The second-order valence-electron chi connectivity index (χ2n) is 4.43. The molecule has 0 aromatic carbocycles. The summed E-state index contributed by atoms with van der Waals surface area (Å²) in [6, 6.07) is 0. The van der Waals surface area contributed by atoms with Crippen molar-refractivity contribution in [2.75, 3.05) is 0 Å². The maximum absolute atomic E-state index is 9.65. The second-order valence-corrected chi connectivity index (χ2v) is 4.43. The molecule has 6 nitrogen and oxygen atoms in total. The molecule has 0 fully saturated rings. The van der Waals surface area contributed by atoms with Gasteiger partial charge in [-0.2, -0.15) is 0 Å². The van der Waals surface area contributed by atoms with E-state index in [4.69, 9.17) is 0 Å². The Morgan fingerprint density at radius 2 is 0.773 bits per heavy atom. The predicted octanol–water partition coefficient (Wildman–Crippen LogP) is -0.223. The summed E-state index contributed by atoms with van der Waals surface area (Å²) >= 11 is 0. The molecule has 0 saturated carbocycles. The van der Waals surface area contributed by atoms with Crippen molar-refractivity contribution in [3.05, 3.63) is 0 Å². The Kier molecular flexibility index (Phi) is 33.0. The normalized spacial score (nSPS) is 8.32. The van der Waals surface area contributed by atoms with Crippen LogP contribution in [0.5, 0.6) is 0 Å². The Hall–Kier alpha value is -1.01. The summed E-state index contributed by atoms with van der Waals surface area (Å²) in [6.07, 6.45) is 5.60. The van der Waals surface area contributed by atoms with Gasteiger partial charge in [0.1, 0.15) is 0 Å². The van der Waals surface area contributed by atoms with Crippen LogP contribution in [-0.2, 0) is 32.9 Å². The summed E-state index contributed by atoms with van der Waals surface area (Å²) in [7, 11) is 0. The summed E-state index contributed by atoms with van der Waals surface area (Å²) < 4.78 is 0. The van der Waals surface area contributed by atoms with Gasteiger partial charge in [0.05, 0.1) is 0 Å². The molecule has 0 aliphatic heterocycles.